The van der Waals surface area contributed by atoms with Gasteiger partial charge in [-0.1, -0.05) is 25.1 Å². The maximum atomic E-state index is 12.6. The van der Waals surface area contributed by atoms with Gasteiger partial charge in [0, 0.05) is 24.9 Å². The van der Waals surface area contributed by atoms with Crippen molar-refractivity contribution in [3.05, 3.63) is 56.4 Å². The predicted octanol–water partition coefficient (Wildman–Crippen LogP) is 2.15. The summed E-state index contributed by atoms with van der Waals surface area (Å²) in [5, 5.41) is 8.66. The first kappa shape index (κ1) is 17.3. The standard InChI is InChI=1S/C18H20N4O2S/c1-4-16-19-12(11-25-16)10-21(2)17(23)9-15-13-7-5-6-8-14(13)18(24)22(3)20-15/h5-8,11H,4,9-10H2,1-3H3. The minimum absolute atomic E-state index is 0.0534. The Morgan fingerprint density at radius 2 is 2.00 bits per heavy atom. The molecule has 0 saturated heterocycles. The summed E-state index contributed by atoms with van der Waals surface area (Å²) < 4.78 is 1.29. The van der Waals surface area contributed by atoms with Crippen LogP contribution in [0.3, 0.4) is 0 Å². The van der Waals surface area contributed by atoms with Crippen molar-refractivity contribution < 1.29 is 4.79 Å². The van der Waals surface area contributed by atoms with E-state index in [1.165, 1.54) is 4.68 Å². The number of benzene rings is 1. The predicted molar refractivity (Wildman–Crippen MR) is 98.7 cm³/mol. The SMILES string of the molecule is CCc1nc(CN(C)C(=O)Cc2nn(C)c(=O)c3ccccc23)cs1. The number of rotatable bonds is 5. The number of aryl methyl sites for hydroxylation is 2. The minimum Gasteiger partial charge on any atom is -0.339 e. The van der Waals surface area contributed by atoms with Crippen LogP contribution in [0.15, 0.2) is 34.4 Å². The molecule has 0 aliphatic carbocycles. The number of hydrogen-bond acceptors (Lipinski definition) is 5. The summed E-state index contributed by atoms with van der Waals surface area (Å²) >= 11 is 1.61. The Morgan fingerprint density at radius 3 is 2.68 bits per heavy atom. The largest absolute Gasteiger partial charge is 0.339 e. The highest BCUT2D eigenvalue weighted by Crippen LogP contribution is 2.15. The number of carbonyl (C=O) groups excluding carboxylic acids is 1. The van der Waals surface area contributed by atoms with Crippen LogP contribution >= 0.6 is 11.3 Å². The smallest absolute Gasteiger partial charge is 0.274 e. The number of thiazole rings is 1. The molecule has 0 N–H and O–H groups in total. The van der Waals surface area contributed by atoms with Crippen LogP contribution in [0.1, 0.15) is 23.3 Å². The second-order valence-corrected chi connectivity index (χ2v) is 6.88. The summed E-state index contributed by atoms with van der Waals surface area (Å²) in [6.45, 7) is 2.53. The number of carbonyl (C=O) groups is 1. The van der Waals surface area contributed by atoms with Crippen LogP contribution in [0.4, 0.5) is 0 Å². The van der Waals surface area contributed by atoms with Crippen molar-refractivity contribution in [1.82, 2.24) is 19.7 Å². The van der Waals surface area contributed by atoms with E-state index in [1.54, 1.807) is 36.4 Å². The molecule has 130 valence electrons. The van der Waals surface area contributed by atoms with Gasteiger partial charge in [-0.05, 0) is 12.5 Å². The molecule has 0 bridgehead atoms. The van der Waals surface area contributed by atoms with Crippen LogP contribution in [0, 0.1) is 0 Å². The summed E-state index contributed by atoms with van der Waals surface area (Å²) in [7, 11) is 3.37. The number of amides is 1. The molecule has 2 aromatic heterocycles. The monoisotopic (exact) mass is 356 g/mol. The molecule has 0 unspecified atom stereocenters. The Balaban J connectivity index is 1.82. The molecule has 0 atom stereocenters. The molecule has 6 nitrogen and oxygen atoms in total. The average molecular weight is 356 g/mol. The maximum Gasteiger partial charge on any atom is 0.274 e. The third-order valence-corrected chi connectivity index (χ3v) is 5.12. The fourth-order valence-electron chi connectivity index (χ4n) is 2.70. The van der Waals surface area contributed by atoms with Gasteiger partial charge in [0.2, 0.25) is 5.91 Å². The van der Waals surface area contributed by atoms with E-state index in [0.29, 0.717) is 17.6 Å². The quantitative estimate of drug-likeness (QED) is 0.702. The molecule has 0 aliphatic heterocycles. The van der Waals surface area contributed by atoms with Crippen molar-refractivity contribution in [2.75, 3.05) is 7.05 Å². The van der Waals surface area contributed by atoms with Crippen molar-refractivity contribution in [2.24, 2.45) is 7.05 Å². The molecular weight excluding hydrogens is 336 g/mol. The Labute approximate surface area is 149 Å². The Hall–Kier alpha value is -2.54. The lowest BCUT2D eigenvalue weighted by molar-refractivity contribution is -0.129. The Morgan fingerprint density at radius 1 is 1.28 bits per heavy atom. The van der Waals surface area contributed by atoms with Crippen LogP contribution in [0.5, 0.6) is 0 Å². The highest BCUT2D eigenvalue weighted by molar-refractivity contribution is 7.09. The summed E-state index contributed by atoms with van der Waals surface area (Å²) in [4.78, 5) is 30.9. The first-order valence-electron chi connectivity index (χ1n) is 8.11. The molecular formula is C18H20N4O2S. The van der Waals surface area contributed by atoms with Crippen LogP contribution in [0.25, 0.3) is 10.8 Å². The highest BCUT2D eigenvalue weighted by atomic mass is 32.1. The summed E-state index contributed by atoms with van der Waals surface area (Å²) in [5.41, 5.74) is 1.35. The molecule has 0 fully saturated rings. The van der Waals surface area contributed by atoms with E-state index in [2.05, 4.69) is 17.0 Å². The van der Waals surface area contributed by atoms with Crippen LogP contribution in [-0.2, 0) is 31.2 Å². The van der Waals surface area contributed by atoms with Crippen molar-refractivity contribution in [2.45, 2.75) is 26.3 Å². The lowest BCUT2D eigenvalue weighted by Crippen LogP contribution is -2.29. The zero-order valence-corrected chi connectivity index (χ0v) is 15.3. The fraction of sp³-hybridized carbons (Fsp3) is 0.333. The first-order chi connectivity index (χ1) is 12.0. The number of aromatic nitrogens is 3. The van der Waals surface area contributed by atoms with E-state index in [9.17, 15) is 9.59 Å². The van der Waals surface area contributed by atoms with Crippen molar-refractivity contribution >= 4 is 28.0 Å². The Kier molecular flexibility index (Phi) is 4.94. The maximum absolute atomic E-state index is 12.6. The molecule has 2 heterocycles. The second-order valence-electron chi connectivity index (χ2n) is 5.93. The summed E-state index contributed by atoms with van der Waals surface area (Å²) in [5.74, 6) is -0.0534. The zero-order chi connectivity index (χ0) is 18.0. The number of fused-ring (bicyclic) bond motifs is 1. The molecule has 0 saturated carbocycles. The zero-order valence-electron chi connectivity index (χ0n) is 14.5. The lowest BCUT2D eigenvalue weighted by atomic mass is 10.1. The lowest BCUT2D eigenvalue weighted by Gasteiger charge is -2.16. The normalized spacial score (nSPS) is 11.0. The molecule has 3 aromatic rings. The van der Waals surface area contributed by atoms with Crippen molar-refractivity contribution in [3.63, 3.8) is 0 Å². The van der Waals surface area contributed by atoms with Gasteiger partial charge in [-0.15, -0.1) is 11.3 Å². The van der Waals surface area contributed by atoms with Gasteiger partial charge in [0.05, 0.1) is 34.7 Å². The van der Waals surface area contributed by atoms with E-state index in [1.807, 2.05) is 23.6 Å². The van der Waals surface area contributed by atoms with Crippen LogP contribution in [-0.4, -0.2) is 32.6 Å². The van der Waals surface area contributed by atoms with Crippen LogP contribution in [0.2, 0.25) is 0 Å². The average Bonchev–Trinajstić information content (AvgIpc) is 3.07. The number of nitrogens with zero attached hydrogens (tertiary/aromatic N) is 4. The fourth-order valence-corrected chi connectivity index (χ4v) is 3.44. The number of likely N-dealkylation sites (N-methyl/N-ethyl adjacent to an activating group) is 1. The third-order valence-electron chi connectivity index (χ3n) is 4.08. The van der Waals surface area contributed by atoms with Gasteiger partial charge in [-0.3, -0.25) is 9.59 Å². The van der Waals surface area contributed by atoms with E-state index in [-0.39, 0.29) is 17.9 Å². The van der Waals surface area contributed by atoms with Crippen LogP contribution < -0.4 is 5.56 Å². The van der Waals surface area contributed by atoms with E-state index in [4.69, 9.17) is 0 Å². The van der Waals surface area contributed by atoms with Crippen molar-refractivity contribution in [1.29, 1.82) is 0 Å². The molecule has 0 aliphatic rings. The van der Waals surface area contributed by atoms with Gasteiger partial charge >= 0.3 is 0 Å². The van der Waals surface area contributed by atoms with E-state index < -0.39 is 0 Å². The number of hydrogen-bond donors (Lipinski definition) is 0. The molecule has 0 spiro atoms. The van der Waals surface area contributed by atoms with Gasteiger partial charge in [0.1, 0.15) is 0 Å². The molecule has 7 heteroatoms. The van der Waals surface area contributed by atoms with Gasteiger partial charge in [-0.25, -0.2) is 9.67 Å². The first-order valence-corrected chi connectivity index (χ1v) is 8.99. The Bertz CT molecular complexity index is 977. The third kappa shape index (κ3) is 3.61. The minimum atomic E-state index is -0.158. The highest BCUT2D eigenvalue weighted by Gasteiger charge is 2.16. The van der Waals surface area contributed by atoms with Gasteiger partial charge in [0.25, 0.3) is 5.56 Å². The molecule has 3 rings (SSSR count). The second kappa shape index (κ2) is 7.14. The topological polar surface area (TPSA) is 68.1 Å². The van der Waals surface area contributed by atoms with Gasteiger partial charge in [-0.2, -0.15) is 5.10 Å². The van der Waals surface area contributed by atoms with Gasteiger partial charge < -0.3 is 4.90 Å². The van der Waals surface area contributed by atoms with E-state index >= 15 is 0 Å². The molecule has 0 radical (unpaired) electrons. The van der Waals surface area contributed by atoms with E-state index in [0.717, 1.165) is 22.5 Å². The molecule has 1 amide bonds. The molecule has 25 heavy (non-hydrogen) atoms. The van der Waals surface area contributed by atoms with Crippen molar-refractivity contribution in [3.8, 4) is 0 Å². The summed E-state index contributed by atoms with van der Waals surface area (Å²) in [6.07, 6.45) is 1.05. The summed E-state index contributed by atoms with van der Waals surface area (Å²) in [6, 6.07) is 7.26. The molecule has 1 aromatic carbocycles. The van der Waals surface area contributed by atoms with Gasteiger partial charge in [0.15, 0.2) is 0 Å².